The van der Waals surface area contributed by atoms with Gasteiger partial charge in [-0.25, -0.2) is 4.98 Å². The van der Waals surface area contributed by atoms with E-state index in [0.29, 0.717) is 31.1 Å². The molecule has 0 atom stereocenters. The maximum Gasteiger partial charge on any atom is 0.222 e. The van der Waals surface area contributed by atoms with Crippen molar-refractivity contribution in [3.63, 3.8) is 0 Å². The number of hydrogen-bond acceptors (Lipinski definition) is 5. The van der Waals surface area contributed by atoms with Crippen molar-refractivity contribution in [1.82, 2.24) is 19.2 Å². The number of phenolic OH excluding ortho intramolecular Hbond substituents is 1. The van der Waals surface area contributed by atoms with Crippen LogP contribution in [0.4, 0.5) is 0 Å². The number of carbonyl (C=O) groups excluding carboxylic acids is 1. The molecule has 0 aliphatic carbocycles. The number of nitrogens with two attached hydrogens (primary N) is 1. The summed E-state index contributed by atoms with van der Waals surface area (Å²) in [6.45, 7) is 9.37. The number of aromatic nitrogens is 2. The average Bonchev–Trinajstić information content (AvgIpc) is 3.20. The first kappa shape index (κ1) is 21.2. The lowest BCUT2D eigenvalue weighted by Gasteiger charge is -2.36. The molecule has 3 heterocycles. The van der Waals surface area contributed by atoms with Crippen molar-refractivity contribution >= 4 is 28.9 Å². The van der Waals surface area contributed by atoms with Gasteiger partial charge in [-0.05, 0) is 29.8 Å². The highest BCUT2D eigenvalue weighted by Crippen LogP contribution is 2.34. The predicted octanol–water partition coefficient (Wildman–Crippen LogP) is 3.34. The highest BCUT2D eigenvalue weighted by Gasteiger charge is 2.23. The molecule has 1 amide bonds. The Bertz CT molecular complexity index is 1150. The largest absolute Gasteiger partial charge is 0.508 e. The Labute approximate surface area is 186 Å². The fraction of sp³-hybridized carbons (Fsp3) is 0.304. The van der Waals surface area contributed by atoms with Gasteiger partial charge in [-0.2, -0.15) is 0 Å². The molecule has 3 aromatic rings. The summed E-state index contributed by atoms with van der Waals surface area (Å²) >= 11 is 6.41. The number of pyridine rings is 1. The van der Waals surface area contributed by atoms with Gasteiger partial charge < -0.3 is 20.6 Å². The van der Waals surface area contributed by atoms with E-state index in [2.05, 4.69) is 16.5 Å². The summed E-state index contributed by atoms with van der Waals surface area (Å²) in [4.78, 5) is 20.6. The summed E-state index contributed by atoms with van der Waals surface area (Å²) in [5, 5.41) is 10.2. The number of carbonyl (C=O) groups is 1. The van der Waals surface area contributed by atoms with Gasteiger partial charge in [-0.3, -0.25) is 9.20 Å². The van der Waals surface area contributed by atoms with E-state index in [9.17, 15) is 9.90 Å². The minimum Gasteiger partial charge on any atom is -0.508 e. The van der Waals surface area contributed by atoms with Gasteiger partial charge >= 0.3 is 0 Å². The molecule has 7 nitrogen and oxygen atoms in total. The molecular weight excluding hydrogens is 414 g/mol. The van der Waals surface area contributed by atoms with Crippen molar-refractivity contribution in [2.45, 2.75) is 19.9 Å². The number of hydrogen-bond donors (Lipinski definition) is 2. The first-order valence-corrected chi connectivity index (χ1v) is 10.7. The third-order valence-electron chi connectivity index (χ3n) is 5.81. The number of amides is 1. The van der Waals surface area contributed by atoms with Gasteiger partial charge in [-0.15, -0.1) is 0 Å². The molecule has 1 aromatic carbocycles. The number of imidazole rings is 1. The van der Waals surface area contributed by atoms with E-state index in [1.165, 1.54) is 6.07 Å². The highest BCUT2D eigenvalue weighted by atomic mass is 35.5. The molecule has 3 N–H and O–H groups in total. The highest BCUT2D eigenvalue weighted by molar-refractivity contribution is 6.33. The number of halogens is 1. The van der Waals surface area contributed by atoms with Crippen LogP contribution in [0.5, 0.6) is 5.75 Å². The molecule has 0 spiro atoms. The lowest BCUT2D eigenvalue weighted by molar-refractivity contribution is -0.132. The summed E-state index contributed by atoms with van der Waals surface area (Å²) < 4.78 is 1.99. The van der Waals surface area contributed by atoms with Crippen molar-refractivity contribution < 1.29 is 9.90 Å². The lowest BCUT2D eigenvalue weighted by Crippen LogP contribution is -2.47. The van der Waals surface area contributed by atoms with Crippen LogP contribution < -0.4 is 5.73 Å². The quantitative estimate of drug-likeness (QED) is 0.636. The monoisotopic (exact) mass is 439 g/mol. The van der Waals surface area contributed by atoms with Crippen molar-refractivity contribution in [1.29, 1.82) is 0 Å². The predicted molar refractivity (Wildman–Crippen MR) is 123 cm³/mol. The SMILES string of the molecule is C=C(c1cnc2cc(CN)c(-c3ccc(O)cc3Cl)cn12)N1CCN(C(=O)CC)CC1. The Hall–Kier alpha value is -3.03. The second-order valence-corrected chi connectivity index (χ2v) is 8.03. The van der Waals surface area contributed by atoms with Crippen LogP contribution in [0.2, 0.25) is 5.02 Å². The fourth-order valence-electron chi connectivity index (χ4n) is 4.02. The Kier molecular flexibility index (Phi) is 5.89. The van der Waals surface area contributed by atoms with Crippen molar-refractivity contribution in [2.24, 2.45) is 5.73 Å². The van der Waals surface area contributed by atoms with E-state index in [-0.39, 0.29) is 11.7 Å². The number of benzene rings is 1. The average molecular weight is 440 g/mol. The molecule has 0 saturated carbocycles. The van der Waals surface area contributed by atoms with E-state index < -0.39 is 0 Å². The lowest BCUT2D eigenvalue weighted by atomic mass is 10.0. The number of fused-ring (bicyclic) bond motifs is 1. The van der Waals surface area contributed by atoms with Crippen molar-refractivity contribution in [2.75, 3.05) is 26.2 Å². The van der Waals surface area contributed by atoms with Crippen molar-refractivity contribution in [3.8, 4) is 16.9 Å². The van der Waals surface area contributed by atoms with E-state index >= 15 is 0 Å². The molecule has 162 valence electrons. The number of piperazine rings is 1. The van der Waals surface area contributed by atoms with Crippen LogP contribution >= 0.6 is 11.6 Å². The van der Waals surface area contributed by atoms with E-state index in [0.717, 1.165) is 46.8 Å². The summed E-state index contributed by atoms with van der Waals surface area (Å²) in [6.07, 6.45) is 4.31. The third kappa shape index (κ3) is 3.98. The summed E-state index contributed by atoms with van der Waals surface area (Å²) in [6, 6.07) is 6.86. The van der Waals surface area contributed by atoms with E-state index in [4.69, 9.17) is 17.3 Å². The van der Waals surface area contributed by atoms with Crippen molar-refractivity contribution in [3.05, 3.63) is 59.5 Å². The topological polar surface area (TPSA) is 87.1 Å². The third-order valence-corrected chi connectivity index (χ3v) is 6.12. The number of rotatable bonds is 5. The maximum absolute atomic E-state index is 12.0. The molecular formula is C23H26ClN5O2. The van der Waals surface area contributed by atoms with Gasteiger partial charge in [0.15, 0.2) is 0 Å². The normalized spacial score (nSPS) is 14.3. The second-order valence-electron chi connectivity index (χ2n) is 7.62. The van der Waals surface area contributed by atoms with Gasteiger partial charge in [0.1, 0.15) is 11.4 Å². The molecule has 0 radical (unpaired) electrons. The van der Waals surface area contributed by atoms with Crippen LogP contribution in [0.1, 0.15) is 24.6 Å². The van der Waals surface area contributed by atoms with Gasteiger partial charge in [0, 0.05) is 56.5 Å². The number of nitrogens with zero attached hydrogens (tertiary/aromatic N) is 4. The first-order chi connectivity index (χ1) is 14.9. The Morgan fingerprint density at radius 3 is 2.55 bits per heavy atom. The summed E-state index contributed by atoms with van der Waals surface area (Å²) in [5.41, 5.74) is 11.1. The number of phenols is 1. The molecule has 4 rings (SSSR count). The minimum atomic E-state index is 0.113. The zero-order chi connectivity index (χ0) is 22.1. The van der Waals surface area contributed by atoms with E-state index in [1.807, 2.05) is 34.7 Å². The van der Waals surface area contributed by atoms with Gasteiger partial charge in [-0.1, -0.05) is 25.1 Å². The minimum absolute atomic E-state index is 0.113. The van der Waals surface area contributed by atoms with Gasteiger partial charge in [0.05, 0.1) is 22.6 Å². The molecule has 31 heavy (non-hydrogen) atoms. The molecule has 2 aromatic heterocycles. The van der Waals surface area contributed by atoms with E-state index in [1.54, 1.807) is 12.1 Å². The standard InChI is InChI=1S/C23H26ClN5O2/c1-3-23(31)28-8-6-27(7-9-28)15(2)21-13-26-22-10-16(12-25)19(14-29(21)22)18-5-4-17(30)11-20(18)24/h4-5,10-11,13-14,30H,2-3,6-9,12,25H2,1H3. The Morgan fingerprint density at radius 1 is 1.19 bits per heavy atom. The van der Waals surface area contributed by atoms with Crippen LogP contribution in [-0.4, -0.2) is 56.4 Å². The molecule has 1 aliphatic rings. The van der Waals surface area contributed by atoms with Crippen LogP contribution in [-0.2, 0) is 11.3 Å². The molecule has 1 aliphatic heterocycles. The van der Waals surface area contributed by atoms with Gasteiger partial charge in [0.2, 0.25) is 5.91 Å². The second kappa shape index (κ2) is 8.61. The molecule has 0 bridgehead atoms. The number of aromatic hydroxyl groups is 1. The summed E-state index contributed by atoms with van der Waals surface area (Å²) in [7, 11) is 0. The molecule has 0 unspecified atom stereocenters. The first-order valence-electron chi connectivity index (χ1n) is 10.3. The van der Waals surface area contributed by atoms with Crippen LogP contribution in [0.15, 0.2) is 43.2 Å². The van der Waals surface area contributed by atoms with Gasteiger partial charge in [0.25, 0.3) is 0 Å². The maximum atomic E-state index is 12.0. The Morgan fingerprint density at radius 2 is 1.90 bits per heavy atom. The summed E-state index contributed by atoms with van der Waals surface area (Å²) in [5.74, 6) is 0.298. The zero-order valence-corrected chi connectivity index (χ0v) is 18.3. The molecule has 8 heteroatoms. The van der Waals surface area contributed by atoms with Crippen LogP contribution in [0.25, 0.3) is 22.5 Å². The smallest absolute Gasteiger partial charge is 0.222 e. The zero-order valence-electron chi connectivity index (χ0n) is 17.5. The van der Waals surface area contributed by atoms with Crippen LogP contribution in [0.3, 0.4) is 0 Å². The fourth-order valence-corrected chi connectivity index (χ4v) is 4.30. The molecule has 1 saturated heterocycles. The molecule has 1 fully saturated rings. The van der Waals surface area contributed by atoms with Crippen LogP contribution in [0, 0.1) is 0 Å². The Balaban J connectivity index is 1.68.